The van der Waals surface area contributed by atoms with Crippen LogP contribution in [0, 0.1) is 17.0 Å². The lowest BCUT2D eigenvalue weighted by Crippen LogP contribution is -1.52. The number of nitrogens with zero attached hydrogens (tertiary/aromatic N) is 88. The van der Waals surface area contributed by atoms with Crippen LogP contribution in [-0.2, 0) is 0 Å². The number of rotatable bonds is 43. The molecule has 1 N–H and O–H groups in total. The van der Waals surface area contributed by atoms with Gasteiger partial charge in [0.15, 0.2) is 0 Å². The number of nitrogens with one attached hydrogen (secondary N) is 1. The fraction of sp³-hybridized carbons (Fsp3) is 0. The first-order chi connectivity index (χ1) is 44.9. The van der Waals surface area contributed by atoms with E-state index in [0.29, 0.717) is 0 Å². The molecule has 0 rings (SSSR count). The molecule has 0 bridgehead atoms. The Bertz CT molecular complexity index is 3320. The summed E-state index contributed by atoms with van der Waals surface area (Å²) in [5.41, 5.74) is 6.27. The molecular formula is CHN89. The van der Waals surface area contributed by atoms with Crippen LogP contribution >= 0.6 is 0 Å². The van der Waals surface area contributed by atoms with Gasteiger partial charge in [0.2, 0.25) is 6.19 Å². The Hall–Kier alpha value is -18.1. The van der Waals surface area contributed by atoms with Crippen LogP contribution in [0.15, 0.2) is 454 Å². The molecule has 89 nitrogen and oxygen atoms in total. The molecule has 0 aromatic rings. The van der Waals surface area contributed by atoms with E-state index < -0.39 is 0 Å². The lowest BCUT2D eigenvalue weighted by atomic mass is 11.5. The summed E-state index contributed by atoms with van der Waals surface area (Å²) in [5.74, 6) is 0. The molecule has 0 fully saturated rings. The summed E-state index contributed by atoms with van der Waals surface area (Å²) < 4.78 is 0. The monoisotopic (exact) mass is 1260 g/mol. The highest BCUT2D eigenvalue weighted by Crippen LogP contribution is 1.97. The van der Waals surface area contributed by atoms with Crippen molar-refractivity contribution in [2.75, 3.05) is 0 Å². The summed E-state index contributed by atoms with van der Waals surface area (Å²) in [5, 5.41) is 267. The number of nitriles is 1. The topological polar surface area (TPSA) is 1120 Å². The van der Waals surface area contributed by atoms with E-state index >= 15 is 0 Å². The zero-order chi connectivity index (χ0) is 64.2. The molecule has 0 spiro atoms. The third-order valence-electron chi connectivity index (χ3n) is 3.49. The van der Waals surface area contributed by atoms with Gasteiger partial charge < -0.3 is 0 Å². The van der Waals surface area contributed by atoms with Gasteiger partial charge in [0.05, 0.1) is 0 Å². The van der Waals surface area contributed by atoms with Crippen LogP contribution in [0.25, 0.3) is 0 Å². The van der Waals surface area contributed by atoms with E-state index in [4.69, 9.17) is 10.8 Å². The van der Waals surface area contributed by atoms with E-state index in [1.165, 1.54) is 6.19 Å². The summed E-state index contributed by atoms with van der Waals surface area (Å²) in [4.78, 5) is 0. The van der Waals surface area contributed by atoms with Gasteiger partial charge in [-0.3, -0.25) is 0 Å². The third-order valence-corrected chi connectivity index (χ3v) is 3.49. The molecule has 0 unspecified atom stereocenters. The second kappa shape index (κ2) is 70.9. The van der Waals surface area contributed by atoms with Crippen molar-refractivity contribution in [3.63, 3.8) is 0 Å². The standard InChI is InChI=1S/CHN89/c2-1-4-6-8-10-12-14-16-18-20-22-24-26-28-30-32-34-36-38-40-42-44-46-48-50-52-54-56-58-60-62-64-66-68-70-72-74-76-78-80-82-84-86-88-90-89-87-85-83-81-79-77-75-73-71-69-67-65-63-61-59-57-55-53-51-49-47-45-43-41-39-37-35-33-31-29-27-25-23-21-19-17-15-13-11-9-7-5-3/h3H/b5-3?,6-4+,9-7+,10-8+,13-11+,14-12+,17-15+,18-16+,21-19+,22-20+,25-23+,26-24+,29-27+,30-28+,33-31+,34-32+,37-35+,38-36+,41-39+,42-40+,45-43+,46-44+,49-47+,50-48+,53-51+,54-52+,57-55+,58-56+,61-59+,62-60+,65-63+,66-64+,69-67+,70-68+,73-71+,74-72+,77-75+,78-76+,81-79+,82-80+,85-83+,86-84+,89-87+,90-88+. The van der Waals surface area contributed by atoms with E-state index in [-0.39, 0.29) is 0 Å². The first-order valence-electron chi connectivity index (χ1n) is 17.9. The molecule has 450 valence electrons. The second-order valence-electron chi connectivity index (χ2n) is 7.90. The average molecular weight is 1260 g/mol. The van der Waals surface area contributed by atoms with E-state index in [1.54, 1.807) is 0 Å². The molecule has 0 saturated heterocycles. The van der Waals surface area contributed by atoms with Gasteiger partial charge in [-0.25, -0.2) is 0 Å². The normalized spacial score (nSPS) is 15.5. The zero-order valence-corrected chi connectivity index (χ0v) is 40.4. The highest BCUT2D eigenvalue weighted by Gasteiger charge is 1.79. The molecule has 0 amide bonds. The summed E-state index contributed by atoms with van der Waals surface area (Å²) in [6.07, 6.45) is 1.31. The van der Waals surface area contributed by atoms with Gasteiger partial charge in [0.25, 0.3) is 0 Å². The van der Waals surface area contributed by atoms with Crippen molar-refractivity contribution in [1.29, 1.82) is 10.8 Å². The number of hydrogen-bond donors (Lipinski definition) is 1. The van der Waals surface area contributed by atoms with Crippen molar-refractivity contribution in [3.05, 3.63) is 0 Å². The van der Waals surface area contributed by atoms with Crippen LogP contribution in [0.1, 0.15) is 0 Å². The van der Waals surface area contributed by atoms with Crippen LogP contribution in [0.3, 0.4) is 0 Å². The smallest absolute Gasteiger partial charge is 0.183 e. The van der Waals surface area contributed by atoms with E-state index in [2.05, 4.69) is 454 Å². The lowest BCUT2D eigenvalue weighted by molar-refractivity contribution is 0.723. The molecule has 0 aromatic carbocycles. The summed E-state index contributed by atoms with van der Waals surface area (Å²) in [6.45, 7) is 0. The van der Waals surface area contributed by atoms with E-state index in [1.807, 2.05) is 0 Å². The van der Waals surface area contributed by atoms with Gasteiger partial charge >= 0.3 is 0 Å². The molecule has 0 saturated carbocycles. The van der Waals surface area contributed by atoms with Crippen LogP contribution < -0.4 is 0 Å². The molecule has 89 heteroatoms. The Kier molecular flexibility index (Phi) is 56.6. The third kappa shape index (κ3) is 69.9. The fourth-order valence-electron chi connectivity index (χ4n) is 1.54. The minimum Gasteiger partial charge on any atom is -0.183 e. The maximum absolute atomic E-state index is 8.03. The highest BCUT2D eigenvalue weighted by molar-refractivity contribution is 4.56. The lowest BCUT2D eigenvalue weighted by Gasteiger charge is -1.71. The first-order valence-corrected chi connectivity index (χ1v) is 17.9. The quantitative estimate of drug-likeness (QED) is 0.0347. The van der Waals surface area contributed by atoms with Gasteiger partial charge in [-0.15, -0.1) is 0 Å². The molecule has 0 radical (unpaired) electrons. The summed E-state index contributed by atoms with van der Waals surface area (Å²) >= 11 is 0. The van der Waals surface area contributed by atoms with Gasteiger partial charge in [0, 0.05) is 366 Å². The van der Waals surface area contributed by atoms with Crippen LogP contribution in [-0.4, -0.2) is 0 Å². The van der Waals surface area contributed by atoms with Crippen LogP contribution in [0.2, 0.25) is 0 Å². The summed E-state index contributed by atoms with van der Waals surface area (Å²) in [6, 6.07) is 0. The van der Waals surface area contributed by atoms with Gasteiger partial charge in [-0.2, -0.15) is 10.8 Å². The predicted octanol–water partition coefficient (Wildman–Crippen LogP) is 16.3. The maximum Gasteiger partial charge on any atom is 0.227 e. The Morgan fingerprint density at radius 1 is 0.111 bits per heavy atom. The minimum atomic E-state index is 1.31. The Morgan fingerprint density at radius 3 is 0.244 bits per heavy atom. The van der Waals surface area contributed by atoms with Crippen LogP contribution in [0.5, 0.6) is 0 Å². The molecule has 0 atom stereocenters. The molecule has 0 heterocycles. The van der Waals surface area contributed by atoms with E-state index in [9.17, 15) is 0 Å². The van der Waals surface area contributed by atoms with Gasteiger partial charge in [-0.05, 0) is 88.7 Å². The van der Waals surface area contributed by atoms with Crippen molar-refractivity contribution < 1.29 is 0 Å². The van der Waals surface area contributed by atoms with Gasteiger partial charge in [0.1, 0.15) is 0 Å². The maximum atomic E-state index is 8.03. The van der Waals surface area contributed by atoms with Crippen LogP contribution in [0.4, 0.5) is 0 Å². The first kappa shape index (κ1) is 71.9. The molecule has 0 aliphatic carbocycles. The van der Waals surface area contributed by atoms with Crippen molar-refractivity contribution in [1.82, 2.24) is 0 Å². The molecule has 90 heavy (non-hydrogen) atoms. The predicted molar refractivity (Wildman–Crippen MR) is 220 cm³/mol. The molecule has 0 aliphatic rings. The summed E-state index contributed by atoms with van der Waals surface area (Å²) in [7, 11) is 0. The average Bonchev–Trinajstić information content (AvgIpc) is 3.55. The molecule has 0 aromatic heterocycles. The Balaban J connectivity index is 4.11. The zero-order valence-electron chi connectivity index (χ0n) is 40.4. The Morgan fingerprint density at radius 2 is 0.178 bits per heavy atom. The highest BCUT2D eigenvalue weighted by atomic mass is 15.8. The SMILES string of the molecule is N#C/N=N/N=N/N=N/N=N/N=N/N=N/N=N/N=N/N=N/N=N/N=N/N=N/N=N/N=N/N=N/N=N/N=N/N=N/N=N/N=N/N=N/N=N/N=N/N=N/N=N/N=N/N=N/N=N/N=N/N=N/N=N/N=N/N=N/N=N/N=N/N=N/N=N/N=N/N=N/N=N/N=N/N=N/N=N/N=N. The molecule has 0 aliphatic heterocycles. The number of hydrogen-bond acceptors (Lipinski definition) is 3. The van der Waals surface area contributed by atoms with Crippen molar-refractivity contribution in [2.24, 2.45) is 454 Å². The van der Waals surface area contributed by atoms with Crippen molar-refractivity contribution in [3.8, 4) is 6.19 Å². The van der Waals surface area contributed by atoms with Crippen molar-refractivity contribution >= 4 is 0 Å². The largest absolute Gasteiger partial charge is 0.227 e. The Labute approximate surface area is 471 Å². The van der Waals surface area contributed by atoms with E-state index in [0.717, 1.165) is 0 Å². The van der Waals surface area contributed by atoms with Gasteiger partial charge in [-0.1, -0.05) is 0 Å². The fourth-order valence-corrected chi connectivity index (χ4v) is 1.54. The van der Waals surface area contributed by atoms with Crippen molar-refractivity contribution in [2.45, 2.75) is 0 Å². The molecular weight excluding hydrogens is 1260 g/mol. The minimum absolute atomic E-state index is 1.31. The second-order valence-corrected chi connectivity index (χ2v) is 7.90.